The van der Waals surface area contributed by atoms with E-state index in [4.69, 9.17) is 17.0 Å². The van der Waals surface area contributed by atoms with E-state index in [2.05, 4.69) is 26.6 Å². The zero-order valence-corrected chi connectivity index (χ0v) is 18.3. The minimum absolute atomic E-state index is 0.0938. The van der Waals surface area contributed by atoms with Gasteiger partial charge in [-0.15, -0.1) is 0 Å². The summed E-state index contributed by atoms with van der Waals surface area (Å²) in [6, 6.07) is 12.6. The first-order valence-corrected chi connectivity index (χ1v) is 9.75. The van der Waals surface area contributed by atoms with Gasteiger partial charge in [0, 0.05) is 31.8 Å². The van der Waals surface area contributed by atoms with E-state index >= 15 is 0 Å². The molecular weight excluding hydrogens is 442 g/mol. The van der Waals surface area contributed by atoms with Gasteiger partial charge in [-0.25, -0.2) is 0 Å². The maximum atomic E-state index is 12.3. The molecule has 0 heterocycles. The standard InChI is InChI=1S/C20H22BrN3O3S/c1-24(2)18(25)11-6-13-4-8-15(9-5-13)22-20(28)23-19(26)14-7-10-17(27-3)16(21)12-14/h4-5,7-10,12H,6,11H2,1-3H3,(H2,22,23,26,28). The first-order valence-electron chi connectivity index (χ1n) is 8.55. The van der Waals surface area contributed by atoms with Crippen molar-refractivity contribution in [1.29, 1.82) is 0 Å². The quantitative estimate of drug-likeness (QED) is 0.640. The van der Waals surface area contributed by atoms with Crippen LogP contribution in [0.1, 0.15) is 22.3 Å². The van der Waals surface area contributed by atoms with Crippen LogP contribution in [0.15, 0.2) is 46.9 Å². The van der Waals surface area contributed by atoms with Crippen molar-refractivity contribution in [2.24, 2.45) is 0 Å². The summed E-state index contributed by atoms with van der Waals surface area (Å²) >= 11 is 8.57. The Morgan fingerprint density at radius 2 is 1.82 bits per heavy atom. The van der Waals surface area contributed by atoms with Crippen LogP contribution in [0.4, 0.5) is 5.69 Å². The highest BCUT2D eigenvalue weighted by atomic mass is 79.9. The highest BCUT2D eigenvalue weighted by Crippen LogP contribution is 2.25. The summed E-state index contributed by atoms with van der Waals surface area (Å²) in [5.41, 5.74) is 2.26. The number of methoxy groups -OCH3 is 1. The molecule has 0 aliphatic heterocycles. The van der Waals surface area contributed by atoms with Crippen LogP contribution in [0, 0.1) is 0 Å². The Morgan fingerprint density at radius 3 is 2.39 bits per heavy atom. The van der Waals surface area contributed by atoms with Gasteiger partial charge in [0.1, 0.15) is 5.75 Å². The van der Waals surface area contributed by atoms with Gasteiger partial charge < -0.3 is 15.0 Å². The lowest BCUT2D eigenvalue weighted by molar-refractivity contribution is -0.128. The SMILES string of the molecule is COc1ccc(C(=O)NC(=S)Nc2ccc(CCC(=O)N(C)C)cc2)cc1Br. The number of thiocarbonyl (C=S) groups is 1. The lowest BCUT2D eigenvalue weighted by Crippen LogP contribution is -2.34. The van der Waals surface area contributed by atoms with Crippen molar-refractivity contribution >= 4 is 50.8 Å². The number of benzene rings is 2. The number of aryl methyl sites for hydroxylation is 1. The second-order valence-electron chi connectivity index (χ2n) is 6.24. The largest absolute Gasteiger partial charge is 0.496 e. The molecule has 0 fully saturated rings. The number of hydrogen-bond acceptors (Lipinski definition) is 4. The minimum Gasteiger partial charge on any atom is -0.496 e. The normalized spacial score (nSPS) is 10.1. The molecule has 0 spiro atoms. The van der Waals surface area contributed by atoms with E-state index in [1.54, 1.807) is 44.3 Å². The molecule has 0 aliphatic rings. The number of carbonyl (C=O) groups excluding carboxylic acids is 2. The molecule has 2 rings (SSSR count). The van der Waals surface area contributed by atoms with Gasteiger partial charge in [-0.1, -0.05) is 12.1 Å². The van der Waals surface area contributed by atoms with Gasteiger partial charge in [0.05, 0.1) is 11.6 Å². The second kappa shape index (κ2) is 10.2. The topological polar surface area (TPSA) is 70.7 Å². The van der Waals surface area contributed by atoms with Gasteiger partial charge in [0.25, 0.3) is 5.91 Å². The van der Waals surface area contributed by atoms with Crippen molar-refractivity contribution in [3.8, 4) is 5.75 Å². The van der Waals surface area contributed by atoms with E-state index in [-0.39, 0.29) is 16.9 Å². The van der Waals surface area contributed by atoms with E-state index in [9.17, 15) is 9.59 Å². The van der Waals surface area contributed by atoms with Crippen LogP contribution >= 0.6 is 28.1 Å². The van der Waals surface area contributed by atoms with Crippen LogP contribution in [-0.4, -0.2) is 43.0 Å². The Bertz CT molecular complexity index is 869. The number of nitrogens with one attached hydrogen (secondary N) is 2. The lowest BCUT2D eigenvalue weighted by atomic mass is 10.1. The summed E-state index contributed by atoms with van der Waals surface area (Å²) in [4.78, 5) is 25.6. The second-order valence-corrected chi connectivity index (χ2v) is 7.51. The molecule has 0 saturated carbocycles. The Labute approximate surface area is 178 Å². The fourth-order valence-corrected chi connectivity index (χ4v) is 3.13. The van der Waals surface area contributed by atoms with Crippen LogP contribution in [0.25, 0.3) is 0 Å². The van der Waals surface area contributed by atoms with Crippen LogP contribution < -0.4 is 15.4 Å². The molecule has 0 aliphatic carbocycles. The Balaban J connectivity index is 1.89. The van der Waals surface area contributed by atoms with Crippen LogP contribution in [0.3, 0.4) is 0 Å². The van der Waals surface area contributed by atoms with Crippen molar-refractivity contribution in [3.05, 3.63) is 58.1 Å². The number of nitrogens with zero attached hydrogens (tertiary/aromatic N) is 1. The van der Waals surface area contributed by atoms with Gasteiger partial charge in [-0.2, -0.15) is 0 Å². The van der Waals surface area contributed by atoms with E-state index in [0.717, 1.165) is 11.3 Å². The van der Waals surface area contributed by atoms with E-state index < -0.39 is 0 Å². The monoisotopic (exact) mass is 463 g/mol. The van der Waals surface area contributed by atoms with Crippen molar-refractivity contribution < 1.29 is 14.3 Å². The average molecular weight is 464 g/mol. The first kappa shape index (κ1) is 21.8. The number of hydrogen-bond donors (Lipinski definition) is 2. The summed E-state index contributed by atoms with van der Waals surface area (Å²) in [6.45, 7) is 0. The smallest absolute Gasteiger partial charge is 0.257 e. The van der Waals surface area contributed by atoms with Gasteiger partial charge in [-0.05, 0) is 70.5 Å². The average Bonchev–Trinajstić information content (AvgIpc) is 2.66. The number of amides is 2. The van der Waals surface area contributed by atoms with Crippen LogP contribution in [-0.2, 0) is 11.2 Å². The molecule has 2 N–H and O–H groups in total. The van der Waals surface area contributed by atoms with Gasteiger partial charge in [-0.3, -0.25) is 14.9 Å². The van der Waals surface area contributed by atoms with E-state index in [0.29, 0.717) is 28.6 Å². The highest BCUT2D eigenvalue weighted by Gasteiger charge is 2.11. The molecule has 6 nitrogen and oxygen atoms in total. The van der Waals surface area contributed by atoms with Gasteiger partial charge in [0.15, 0.2) is 5.11 Å². The van der Waals surface area contributed by atoms with Crippen LogP contribution in [0.2, 0.25) is 0 Å². The fraction of sp³-hybridized carbons (Fsp3) is 0.250. The molecule has 8 heteroatoms. The minimum atomic E-state index is -0.320. The molecule has 2 aromatic carbocycles. The zero-order chi connectivity index (χ0) is 20.7. The molecule has 148 valence electrons. The Morgan fingerprint density at radius 1 is 1.14 bits per heavy atom. The molecule has 0 saturated heterocycles. The van der Waals surface area contributed by atoms with Crippen molar-refractivity contribution in [1.82, 2.24) is 10.2 Å². The maximum Gasteiger partial charge on any atom is 0.257 e. The van der Waals surface area contributed by atoms with Crippen molar-refractivity contribution in [3.63, 3.8) is 0 Å². The Kier molecular flexibility index (Phi) is 7.95. The molecule has 0 atom stereocenters. The number of anilines is 1. The number of carbonyl (C=O) groups is 2. The first-order chi connectivity index (χ1) is 13.3. The molecule has 0 unspecified atom stereocenters. The zero-order valence-electron chi connectivity index (χ0n) is 15.9. The molecule has 0 radical (unpaired) electrons. The third-order valence-electron chi connectivity index (χ3n) is 3.98. The summed E-state index contributed by atoms with van der Waals surface area (Å²) < 4.78 is 5.84. The molecule has 2 aromatic rings. The molecule has 2 amide bonds. The van der Waals surface area contributed by atoms with E-state index in [1.807, 2.05) is 24.3 Å². The summed E-state index contributed by atoms with van der Waals surface area (Å²) in [7, 11) is 5.05. The van der Waals surface area contributed by atoms with Crippen molar-refractivity contribution in [2.75, 3.05) is 26.5 Å². The molecular formula is C20H22BrN3O3S. The highest BCUT2D eigenvalue weighted by molar-refractivity contribution is 9.10. The maximum absolute atomic E-state index is 12.3. The number of halogens is 1. The van der Waals surface area contributed by atoms with E-state index in [1.165, 1.54) is 0 Å². The predicted molar refractivity (Wildman–Crippen MR) is 118 cm³/mol. The van der Waals surface area contributed by atoms with Gasteiger partial charge >= 0.3 is 0 Å². The number of rotatable bonds is 6. The molecule has 0 bridgehead atoms. The third kappa shape index (κ3) is 6.31. The molecule has 0 aromatic heterocycles. The summed E-state index contributed by atoms with van der Waals surface area (Å²) in [5, 5.41) is 5.83. The predicted octanol–water partition coefficient (Wildman–Crippen LogP) is 3.61. The summed E-state index contributed by atoms with van der Waals surface area (Å²) in [5.74, 6) is 0.417. The fourth-order valence-electron chi connectivity index (χ4n) is 2.37. The number of ether oxygens (including phenoxy) is 1. The third-order valence-corrected chi connectivity index (χ3v) is 4.80. The van der Waals surface area contributed by atoms with Gasteiger partial charge in [0.2, 0.25) is 5.91 Å². The van der Waals surface area contributed by atoms with Crippen molar-refractivity contribution in [2.45, 2.75) is 12.8 Å². The summed E-state index contributed by atoms with van der Waals surface area (Å²) in [6.07, 6.45) is 1.14. The Hall–Kier alpha value is -2.45. The molecule has 28 heavy (non-hydrogen) atoms. The van der Waals surface area contributed by atoms with Crippen LogP contribution in [0.5, 0.6) is 5.75 Å². The lowest BCUT2D eigenvalue weighted by Gasteiger charge is -2.12.